The van der Waals surface area contributed by atoms with E-state index in [9.17, 15) is 22.4 Å². The van der Waals surface area contributed by atoms with Crippen LogP contribution in [0, 0.1) is 17.2 Å². The summed E-state index contributed by atoms with van der Waals surface area (Å²) in [4.78, 5) is 11.0. The molecule has 2 unspecified atom stereocenters. The standard InChI is InChI=1S/C13H12F4O2/c1-12(2)9(10(12)11(18)19)6-3-4-8(14)7(5-6)13(15,16)17/h3-5,9-10H,1-2H3,(H,18,19). The van der Waals surface area contributed by atoms with Crippen LogP contribution < -0.4 is 0 Å². The second kappa shape index (κ2) is 3.95. The van der Waals surface area contributed by atoms with Gasteiger partial charge in [-0.3, -0.25) is 4.79 Å². The average molecular weight is 276 g/mol. The zero-order valence-corrected chi connectivity index (χ0v) is 10.3. The van der Waals surface area contributed by atoms with Crippen LogP contribution in [0.15, 0.2) is 18.2 Å². The summed E-state index contributed by atoms with van der Waals surface area (Å²) in [7, 11) is 0. The van der Waals surface area contributed by atoms with E-state index >= 15 is 0 Å². The first kappa shape index (κ1) is 13.8. The lowest BCUT2D eigenvalue weighted by atomic mass is 10.0. The maximum absolute atomic E-state index is 13.2. The fraction of sp³-hybridized carbons (Fsp3) is 0.462. The quantitative estimate of drug-likeness (QED) is 0.837. The van der Waals surface area contributed by atoms with Crippen molar-refractivity contribution in [2.24, 2.45) is 11.3 Å². The van der Waals surface area contributed by atoms with Crippen molar-refractivity contribution in [2.75, 3.05) is 0 Å². The van der Waals surface area contributed by atoms with E-state index in [2.05, 4.69) is 0 Å². The monoisotopic (exact) mass is 276 g/mol. The molecule has 0 saturated heterocycles. The molecule has 1 N–H and O–H groups in total. The minimum Gasteiger partial charge on any atom is -0.481 e. The first-order valence-corrected chi connectivity index (χ1v) is 5.66. The molecular weight excluding hydrogens is 264 g/mol. The summed E-state index contributed by atoms with van der Waals surface area (Å²) in [5.41, 5.74) is -1.75. The SMILES string of the molecule is CC1(C)C(C(=O)O)C1c1ccc(F)c(C(F)(F)F)c1. The molecule has 1 aromatic carbocycles. The minimum absolute atomic E-state index is 0.214. The predicted molar refractivity (Wildman–Crippen MR) is 59.0 cm³/mol. The largest absolute Gasteiger partial charge is 0.481 e. The summed E-state index contributed by atoms with van der Waals surface area (Å²) in [5, 5.41) is 9.01. The molecule has 0 spiro atoms. The Kier molecular flexibility index (Phi) is 2.88. The third-order valence-electron chi connectivity index (χ3n) is 3.75. The van der Waals surface area contributed by atoms with Gasteiger partial charge in [0.05, 0.1) is 11.5 Å². The molecule has 0 aromatic heterocycles. The summed E-state index contributed by atoms with van der Waals surface area (Å²) < 4.78 is 51.0. The Balaban J connectivity index is 2.42. The van der Waals surface area contributed by atoms with Gasteiger partial charge in [-0.05, 0) is 23.1 Å². The average Bonchev–Trinajstić information content (AvgIpc) is 2.80. The van der Waals surface area contributed by atoms with Crippen LogP contribution in [0.4, 0.5) is 17.6 Å². The topological polar surface area (TPSA) is 37.3 Å². The van der Waals surface area contributed by atoms with Crippen LogP contribution in [0.25, 0.3) is 0 Å². The molecule has 2 rings (SSSR count). The van der Waals surface area contributed by atoms with Gasteiger partial charge in [-0.1, -0.05) is 19.9 Å². The van der Waals surface area contributed by atoms with Gasteiger partial charge in [0.2, 0.25) is 0 Å². The smallest absolute Gasteiger partial charge is 0.419 e. The number of halogens is 4. The third kappa shape index (κ3) is 2.19. The second-order valence-corrected chi connectivity index (χ2v) is 5.35. The predicted octanol–water partition coefficient (Wildman–Crippen LogP) is 3.67. The molecule has 2 atom stereocenters. The first-order valence-electron chi connectivity index (χ1n) is 5.66. The molecule has 19 heavy (non-hydrogen) atoms. The molecule has 1 fully saturated rings. The van der Waals surface area contributed by atoms with E-state index in [0.29, 0.717) is 6.07 Å². The fourth-order valence-electron chi connectivity index (χ4n) is 2.67. The van der Waals surface area contributed by atoms with Crippen LogP contribution in [-0.2, 0) is 11.0 Å². The number of hydrogen-bond acceptors (Lipinski definition) is 1. The Morgan fingerprint density at radius 2 is 1.89 bits per heavy atom. The van der Waals surface area contributed by atoms with Crippen LogP contribution in [-0.4, -0.2) is 11.1 Å². The highest BCUT2D eigenvalue weighted by Crippen LogP contribution is 2.64. The van der Waals surface area contributed by atoms with E-state index in [4.69, 9.17) is 5.11 Å². The van der Waals surface area contributed by atoms with Gasteiger partial charge < -0.3 is 5.11 Å². The molecule has 0 amide bonds. The number of alkyl halides is 3. The Morgan fingerprint density at radius 1 is 1.32 bits per heavy atom. The van der Waals surface area contributed by atoms with Crippen molar-refractivity contribution in [3.63, 3.8) is 0 Å². The van der Waals surface area contributed by atoms with Crippen molar-refractivity contribution in [2.45, 2.75) is 25.9 Å². The van der Waals surface area contributed by atoms with E-state index in [0.717, 1.165) is 6.07 Å². The van der Waals surface area contributed by atoms with Crippen molar-refractivity contribution in [1.82, 2.24) is 0 Å². The molecule has 0 radical (unpaired) electrons. The highest BCUT2D eigenvalue weighted by Gasteiger charge is 2.62. The summed E-state index contributed by atoms with van der Waals surface area (Å²) >= 11 is 0. The van der Waals surface area contributed by atoms with Crippen molar-refractivity contribution in [1.29, 1.82) is 0 Å². The fourth-order valence-corrected chi connectivity index (χ4v) is 2.67. The molecule has 0 aliphatic heterocycles. The van der Waals surface area contributed by atoms with Gasteiger partial charge >= 0.3 is 12.1 Å². The maximum Gasteiger partial charge on any atom is 0.419 e. The summed E-state index contributed by atoms with van der Waals surface area (Å²) in [6.07, 6.45) is -4.78. The van der Waals surface area contributed by atoms with Crippen molar-refractivity contribution in [3.8, 4) is 0 Å². The van der Waals surface area contributed by atoms with Crippen molar-refractivity contribution < 1.29 is 27.5 Å². The number of rotatable bonds is 2. The Morgan fingerprint density at radius 3 is 2.32 bits per heavy atom. The molecule has 1 aromatic rings. The number of carboxylic acids is 1. The van der Waals surface area contributed by atoms with Gasteiger partial charge in [0, 0.05) is 5.92 Å². The highest BCUT2D eigenvalue weighted by atomic mass is 19.4. The van der Waals surface area contributed by atoms with E-state index in [-0.39, 0.29) is 5.56 Å². The lowest BCUT2D eigenvalue weighted by Crippen LogP contribution is -2.09. The van der Waals surface area contributed by atoms with Gasteiger partial charge in [-0.2, -0.15) is 13.2 Å². The molecule has 1 aliphatic carbocycles. The maximum atomic E-state index is 13.2. The molecule has 2 nitrogen and oxygen atoms in total. The van der Waals surface area contributed by atoms with Crippen LogP contribution in [0.2, 0.25) is 0 Å². The molecule has 0 heterocycles. The van der Waals surface area contributed by atoms with E-state index in [1.165, 1.54) is 6.07 Å². The molecule has 1 saturated carbocycles. The van der Waals surface area contributed by atoms with E-state index < -0.39 is 40.8 Å². The number of benzene rings is 1. The lowest BCUT2D eigenvalue weighted by Gasteiger charge is -2.10. The van der Waals surface area contributed by atoms with E-state index in [1.54, 1.807) is 13.8 Å². The van der Waals surface area contributed by atoms with Gasteiger partial charge in [0.1, 0.15) is 5.82 Å². The van der Waals surface area contributed by atoms with Crippen LogP contribution in [0.5, 0.6) is 0 Å². The zero-order chi connectivity index (χ0) is 14.6. The van der Waals surface area contributed by atoms with E-state index in [1.807, 2.05) is 0 Å². The zero-order valence-electron chi connectivity index (χ0n) is 10.3. The molecule has 6 heteroatoms. The summed E-state index contributed by atoms with van der Waals surface area (Å²) in [6, 6.07) is 2.68. The van der Waals surface area contributed by atoms with Gasteiger partial charge in [-0.15, -0.1) is 0 Å². The molecule has 0 bridgehead atoms. The molecular formula is C13H12F4O2. The van der Waals surface area contributed by atoms with Gasteiger partial charge in [0.15, 0.2) is 0 Å². The van der Waals surface area contributed by atoms with Crippen LogP contribution in [0.3, 0.4) is 0 Å². The van der Waals surface area contributed by atoms with Crippen LogP contribution >= 0.6 is 0 Å². The first-order chi connectivity index (χ1) is 8.56. The third-order valence-corrected chi connectivity index (χ3v) is 3.75. The number of carboxylic acid groups (broad SMARTS) is 1. The second-order valence-electron chi connectivity index (χ2n) is 5.35. The molecule has 1 aliphatic rings. The van der Waals surface area contributed by atoms with Gasteiger partial charge in [0.25, 0.3) is 0 Å². The number of hydrogen-bond donors (Lipinski definition) is 1. The Labute approximate surface area is 107 Å². The normalized spacial score (nSPS) is 25.2. The Bertz CT molecular complexity index is 534. The molecule has 104 valence electrons. The summed E-state index contributed by atoms with van der Waals surface area (Å²) in [6.45, 7) is 3.35. The Hall–Kier alpha value is -1.59. The van der Waals surface area contributed by atoms with Crippen molar-refractivity contribution >= 4 is 5.97 Å². The number of carbonyl (C=O) groups is 1. The van der Waals surface area contributed by atoms with Gasteiger partial charge in [-0.25, -0.2) is 4.39 Å². The van der Waals surface area contributed by atoms with Crippen molar-refractivity contribution in [3.05, 3.63) is 35.1 Å². The summed E-state index contributed by atoms with van der Waals surface area (Å²) in [5.74, 6) is -3.65. The highest BCUT2D eigenvalue weighted by molar-refractivity contribution is 5.77. The lowest BCUT2D eigenvalue weighted by molar-refractivity contribution is -0.140. The van der Waals surface area contributed by atoms with Crippen LogP contribution in [0.1, 0.15) is 30.9 Å². The number of aliphatic carboxylic acids is 1. The minimum atomic E-state index is -4.78.